The molecule has 1 fully saturated rings. The Morgan fingerprint density at radius 2 is 2.17 bits per heavy atom. The highest BCUT2D eigenvalue weighted by atomic mass is 32.2. The van der Waals surface area contributed by atoms with Crippen molar-refractivity contribution in [2.75, 3.05) is 25.1 Å². The monoisotopic (exact) mass is 443 g/mol. The summed E-state index contributed by atoms with van der Waals surface area (Å²) in [5.41, 5.74) is 0.866. The van der Waals surface area contributed by atoms with Crippen molar-refractivity contribution < 1.29 is 14.3 Å². The number of fused-ring (bicyclic) bond motifs is 1. The number of hydrogen-bond acceptors (Lipinski definition) is 8. The number of thioether (sulfide) groups is 1. The molecule has 1 aromatic carbocycles. The van der Waals surface area contributed by atoms with Crippen LogP contribution in [0.5, 0.6) is 0 Å². The van der Waals surface area contributed by atoms with Crippen molar-refractivity contribution in [3.05, 3.63) is 46.6 Å². The number of carbonyl (C=O) groups excluding carboxylic acids is 1. The van der Waals surface area contributed by atoms with E-state index in [4.69, 9.17) is 19.4 Å². The molecule has 1 N–H and O–H groups in total. The van der Waals surface area contributed by atoms with Gasteiger partial charge in [-0.25, -0.2) is 14.8 Å². The summed E-state index contributed by atoms with van der Waals surface area (Å²) in [6, 6.07) is 10.2. The van der Waals surface area contributed by atoms with Crippen LogP contribution in [0.1, 0.15) is 40.8 Å². The zero-order valence-corrected chi connectivity index (χ0v) is 18.8. The molecule has 2 aromatic heterocycles. The van der Waals surface area contributed by atoms with Gasteiger partial charge in [-0.1, -0.05) is 18.2 Å². The van der Waals surface area contributed by atoms with Crippen LogP contribution < -0.4 is 5.32 Å². The van der Waals surface area contributed by atoms with Crippen LogP contribution in [0.3, 0.4) is 0 Å². The highest BCUT2D eigenvalue weighted by Crippen LogP contribution is 2.35. The van der Waals surface area contributed by atoms with Crippen LogP contribution in [0.2, 0.25) is 0 Å². The average Bonchev–Trinajstić information content (AvgIpc) is 3.39. The van der Waals surface area contributed by atoms with Crippen LogP contribution in [0, 0.1) is 6.92 Å². The Bertz CT molecular complexity index is 1020. The lowest BCUT2D eigenvalue weighted by molar-refractivity contribution is 0.0531. The number of thiophene rings is 1. The van der Waals surface area contributed by atoms with Gasteiger partial charge in [0.25, 0.3) is 0 Å². The lowest BCUT2D eigenvalue weighted by atomic mass is 10.2. The standard InChI is InChI=1S/C22H25N3O3S2/c1-3-27-22(26)19-14(2)18-20(23-12-15-8-7-11-28-15)24-17(25-21(18)30-19)13-29-16-9-5-4-6-10-16/h4-6,9-10,15H,3,7-8,11-13H2,1-2H3,(H,23,24,25). The summed E-state index contributed by atoms with van der Waals surface area (Å²) in [6.45, 7) is 5.61. The summed E-state index contributed by atoms with van der Waals surface area (Å²) >= 11 is 3.07. The molecule has 1 aliphatic rings. The maximum atomic E-state index is 12.4. The topological polar surface area (TPSA) is 73.3 Å². The first-order chi connectivity index (χ1) is 14.7. The fraction of sp³-hybridized carbons (Fsp3) is 0.409. The largest absolute Gasteiger partial charge is 0.462 e. The molecule has 158 valence electrons. The van der Waals surface area contributed by atoms with E-state index >= 15 is 0 Å². The zero-order valence-electron chi connectivity index (χ0n) is 17.1. The van der Waals surface area contributed by atoms with Gasteiger partial charge in [0.05, 0.1) is 23.8 Å². The molecule has 0 aliphatic carbocycles. The third-order valence-electron chi connectivity index (χ3n) is 4.93. The van der Waals surface area contributed by atoms with Crippen LogP contribution >= 0.6 is 23.1 Å². The van der Waals surface area contributed by atoms with Crippen molar-refractivity contribution in [2.24, 2.45) is 0 Å². The first-order valence-electron chi connectivity index (χ1n) is 10.2. The Morgan fingerprint density at radius 3 is 2.90 bits per heavy atom. The molecule has 1 atom stereocenters. The van der Waals surface area contributed by atoms with Gasteiger partial charge in [-0.15, -0.1) is 23.1 Å². The molecule has 30 heavy (non-hydrogen) atoms. The van der Waals surface area contributed by atoms with Crippen LogP contribution in [0.25, 0.3) is 10.2 Å². The predicted octanol–water partition coefficient (Wildman–Crippen LogP) is 5.06. The number of nitrogens with one attached hydrogen (secondary N) is 1. The van der Waals surface area contributed by atoms with E-state index in [0.717, 1.165) is 46.9 Å². The van der Waals surface area contributed by atoms with Crippen molar-refractivity contribution in [2.45, 2.75) is 43.4 Å². The minimum Gasteiger partial charge on any atom is -0.462 e. The van der Waals surface area contributed by atoms with E-state index in [1.807, 2.05) is 32.0 Å². The first kappa shape index (κ1) is 21.1. The second-order valence-corrected chi connectivity index (χ2v) is 9.11. The summed E-state index contributed by atoms with van der Waals surface area (Å²) < 4.78 is 11.0. The minimum atomic E-state index is -0.303. The number of carbonyl (C=O) groups is 1. The highest BCUT2D eigenvalue weighted by molar-refractivity contribution is 7.98. The molecule has 0 spiro atoms. The van der Waals surface area contributed by atoms with Crippen molar-refractivity contribution in [3.63, 3.8) is 0 Å². The maximum Gasteiger partial charge on any atom is 0.348 e. The number of rotatable bonds is 8. The van der Waals surface area contributed by atoms with Crippen LogP contribution in [-0.4, -0.2) is 41.8 Å². The fourth-order valence-electron chi connectivity index (χ4n) is 3.45. The molecule has 3 aromatic rings. The van der Waals surface area contributed by atoms with Gasteiger partial charge in [-0.3, -0.25) is 0 Å². The molecule has 0 amide bonds. The third-order valence-corrected chi connectivity index (χ3v) is 7.10. The molecule has 1 saturated heterocycles. The van der Waals surface area contributed by atoms with Crippen molar-refractivity contribution in [3.8, 4) is 0 Å². The van der Waals surface area contributed by atoms with Crippen molar-refractivity contribution >= 4 is 45.1 Å². The first-order valence-corrected chi connectivity index (χ1v) is 12.0. The van der Waals surface area contributed by atoms with E-state index in [0.29, 0.717) is 23.8 Å². The van der Waals surface area contributed by atoms with Gasteiger partial charge in [0.1, 0.15) is 21.3 Å². The Morgan fingerprint density at radius 1 is 1.33 bits per heavy atom. The molecule has 0 radical (unpaired) electrons. The van der Waals surface area contributed by atoms with E-state index in [1.165, 1.54) is 16.2 Å². The fourth-order valence-corrected chi connectivity index (χ4v) is 5.32. The third kappa shape index (κ3) is 4.77. The van der Waals surface area contributed by atoms with Crippen molar-refractivity contribution in [1.29, 1.82) is 0 Å². The average molecular weight is 444 g/mol. The number of nitrogens with zero attached hydrogens (tertiary/aromatic N) is 2. The summed E-state index contributed by atoms with van der Waals surface area (Å²) in [5.74, 6) is 1.86. The molecule has 8 heteroatoms. The molecular weight excluding hydrogens is 418 g/mol. The quantitative estimate of drug-likeness (QED) is 0.385. The van der Waals surface area contributed by atoms with Gasteiger partial charge in [-0.05, 0) is 44.4 Å². The molecular formula is C22H25N3O3S2. The van der Waals surface area contributed by atoms with E-state index in [9.17, 15) is 4.79 Å². The second-order valence-electron chi connectivity index (χ2n) is 7.06. The maximum absolute atomic E-state index is 12.4. The van der Waals surface area contributed by atoms with Gasteiger partial charge in [-0.2, -0.15) is 0 Å². The molecule has 3 heterocycles. The Kier molecular flexibility index (Phi) is 6.86. The van der Waals surface area contributed by atoms with Crippen LogP contribution in [0.15, 0.2) is 35.2 Å². The van der Waals surface area contributed by atoms with E-state index in [-0.39, 0.29) is 12.1 Å². The Hall–Kier alpha value is -2.16. The van der Waals surface area contributed by atoms with Gasteiger partial charge < -0.3 is 14.8 Å². The number of benzene rings is 1. The molecule has 4 rings (SSSR count). The number of hydrogen-bond donors (Lipinski definition) is 1. The molecule has 0 saturated carbocycles. The smallest absolute Gasteiger partial charge is 0.348 e. The normalized spacial score (nSPS) is 16.1. The summed E-state index contributed by atoms with van der Waals surface area (Å²) in [7, 11) is 0. The number of aromatic nitrogens is 2. The molecule has 0 bridgehead atoms. The second kappa shape index (κ2) is 9.76. The van der Waals surface area contributed by atoms with Crippen LogP contribution in [-0.2, 0) is 15.2 Å². The van der Waals surface area contributed by atoms with E-state index in [2.05, 4.69) is 17.4 Å². The zero-order chi connectivity index (χ0) is 20.9. The molecule has 1 aliphatic heterocycles. The minimum absolute atomic E-state index is 0.195. The number of esters is 1. The van der Waals surface area contributed by atoms with Gasteiger partial charge in [0, 0.05) is 18.0 Å². The van der Waals surface area contributed by atoms with E-state index < -0.39 is 0 Å². The lowest BCUT2D eigenvalue weighted by Crippen LogP contribution is -2.19. The lowest BCUT2D eigenvalue weighted by Gasteiger charge is -2.13. The van der Waals surface area contributed by atoms with Crippen LogP contribution in [0.4, 0.5) is 5.82 Å². The molecule has 1 unspecified atom stereocenters. The summed E-state index contributed by atoms with van der Waals surface area (Å²) in [4.78, 5) is 24.6. The van der Waals surface area contributed by atoms with E-state index in [1.54, 1.807) is 11.8 Å². The molecule has 6 nitrogen and oxygen atoms in total. The Balaban J connectivity index is 1.65. The summed E-state index contributed by atoms with van der Waals surface area (Å²) in [6.07, 6.45) is 2.34. The van der Waals surface area contributed by atoms with Gasteiger partial charge in [0.15, 0.2) is 0 Å². The number of anilines is 1. The Labute approximate surface area is 184 Å². The predicted molar refractivity (Wildman–Crippen MR) is 122 cm³/mol. The van der Waals surface area contributed by atoms with Gasteiger partial charge in [0.2, 0.25) is 0 Å². The highest BCUT2D eigenvalue weighted by Gasteiger charge is 2.22. The SMILES string of the molecule is CCOC(=O)c1sc2nc(CSc3ccccc3)nc(NCC3CCCO3)c2c1C. The summed E-state index contributed by atoms with van der Waals surface area (Å²) in [5, 5.41) is 4.36. The van der Waals surface area contributed by atoms with Gasteiger partial charge >= 0.3 is 5.97 Å². The number of aryl methyl sites for hydroxylation is 1. The van der Waals surface area contributed by atoms with Crippen molar-refractivity contribution in [1.82, 2.24) is 9.97 Å². The number of ether oxygens (including phenoxy) is 2.